The van der Waals surface area contributed by atoms with Crippen molar-refractivity contribution in [1.29, 1.82) is 0 Å². The highest BCUT2D eigenvalue weighted by Gasteiger charge is 2.48. The monoisotopic (exact) mass is 419 g/mol. The summed E-state index contributed by atoms with van der Waals surface area (Å²) >= 11 is 0. The molecule has 0 amide bonds. The zero-order valence-corrected chi connectivity index (χ0v) is 17.8. The van der Waals surface area contributed by atoms with Gasteiger partial charge in [0.1, 0.15) is 6.04 Å². The molecular weight excluding hydrogens is 390 g/mol. The zero-order valence-electron chi connectivity index (χ0n) is 17.8. The maximum Gasteiger partial charge on any atom is 0.323 e. The van der Waals surface area contributed by atoms with Gasteiger partial charge in [0.25, 0.3) is 0 Å². The van der Waals surface area contributed by atoms with Gasteiger partial charge in [0.2, 0.25) is 0 Å². The third-order valence-corrected chi connectivity index (χ3v) is 6.87. The molecule has 3 N–H and O–H groups in total. The lowest BCUT2D eigenvalue weighted by Gasteiger charge is -2.50. The van der Waals surface area contributed by atoms with Crippen molar-refractivity contribution >= 4 is 16.9 Å². The Morgan fingerprint density at radius 1 is 1.13 bits per heavy atom. The van der Waals surface area contributed by atoms with Crippen molar-refractivity contribution in [2.24, 2.45) is 0 Å². The number of benzene rings is 2. The lowest BCUT2D eigenvalue weighted by molar-refractivity contribution is -0.152. The summed E-state index contributed by atoms with van der Waals surface area (Å²) in [6, 6.07) is 18.8. The number of para-hydroxylation sites is 1. The Kier molecular flexibility index (Phi) is 5.52. The number of aromatic amines is 1. The van der Waals surface area contributed by atoms with E-state index in [4.69, 9.17) is 4.74 Å². The summed E-state index contributed by atoms with van der Waals surface area (Å²) < 4.78 is 5.28. The number of H-pyrrole nitrogens is 1. The molecule has 3 aromatic rings. The highest BCUT2D eigenvalue weighted by Crippen LogP contribution is 2.48. The number of carbonyl (C=O) groups excluding carboxylic acids is 1. The van der Waals surface area contributed by atoms with E-state index < -0.39 is 0 Å². The molecule has 162 valence electrons. The molecule has 6 heteroatoms. The summed E-state index contributed by atoms with van der Waals surface area (Å²) in [5.74, 6) is -0.177. The average molecular weight is 420 g/mol. The standard InChI is InChI=1S/C25H29N3O3/c1-31-25(30)23-15-19-18-9-5-6-10-20(18)27-24(19)22-14-17(26-11-12-29)13-21(28(22)23)16-7-3-2-4-8-16/h2-10,17,21-23,26-27,29H,11-15H2,1H3/t17-,21-,22+,23-/m0/s1. The second-order valence-corrected chi connectivity index (χ2v) is 8.54. The number of ether oxygens (including phenoxy) is 1. The van der Waals surface area contributed by atoms with Gasteiger partial charge in [-0.05, 0) is 30.0 Å². The van der Waals surface area contributed by atoms with Gasteiger partial charge in [-0.3, -0.25) is 9.69 Å². The predicted molar refractivity (Wildman–Crippen MR) is 120 cm³/mol. The van der Waals surface area contributed by atoms with Crippen molar-refractivity contribution in [1.82, 2.24) is 15.2 Å². The van der Waals surface area contributed by atoms with Crippen molar-refractivity contribution in [3.05, 3.63) is 71.4 Å². The fourth-order valence-electron chi connectivity index (χ4n) is 5.58. The molecule has 0 radical (unpaired) electrons. The van der Waals surface area contributed by atoms with E-state index in [2.05, 4.69) is 57.7 Å². The topological polar surface area (TPSA) is 77.6 Å². The lowest BCUT2D eigenvalue weighted by atomic mass is 9.79. The Bertz CT molecular complexity index is 1060. The molecule has 0 aliphatic carbocycles. The van der Waals surface area contributed by atoms with Crippen LogP contribution in [0.5, 0.6) is 0 Å². The van der Waals surface area contributed by atoms with Crippen LogP contribution in [0.4, 0.5) is 0 Å². The molecule has 1 saturated heterocycles. The first-order chi connectivity index (χ1) is 15.2. The van der Waals surface area contributed by atoms with E-state index >= 15 is 0 Å². The number of aliphatic hydroxyl groups excluding tert-OH is 1. The van der Waals surface area contributed by atoms with Gasteiger partial charge in [-0.1, -0.05) is 48.5 Å². The van der Waals surface area contributed by atoms with Gasteiger partial charge < -0.3 is 20.1 Å². The zero-order chi connectivity index (χ0) is 21.4. The molecular formula is C25H29N3O3. The fourth-order valence-corrected chi connectivity index (χ4v) is 5.58. The number of hydrogen-bond donors (Lipinski definition) is 3. The molecule has 1 aromatic heterocycles. The minimum absolute atomic E-state index is 0.0652. The highest BCUT2D eigenvalue weighted by molar-refractivity contribution is 5.87. The van der Waals surface area contributed by atoms with Crippen molar-refractivity contribution in [2.45, 2.75) is 43.4 Å². The van der Waals surface area contributed by atoms with E-state index in [9.17, 15) is 9.90 Å². The smallest absolute Gasteiger partial charge is 0.323 e. The van der Waals surface area contributed by atoms with Gasteiger partial charge in [0.05, 0.1) is 19.8 Å². The lowest BCUT2D eigenvalue weighted by Crippen LogP contribution is -2.55. The Labute approximate surface area is 182 Å². The number of esters is 1. The Hall–Kier alpha value is -2.67. The molecule has 0 bridgehead atoms. The molecule has 4 atom stereocenters. The van der Waals surface area contributed by atoms with Crippen molar-refractivity contribution < 1.29 is 14.6 Å². The number of hydrogen-bond acceptors (Lipinski definition) is 5. The fraction of sp³-hybridized carbons (Fsp3) is 0.400. The van der Waals surface area contributed by atoms with Crippen LogP contribution in [-0.4, -0.2) is 53.3 Å². The third-order valence-electron chi connectivity index (χ3n) is 6.87. The summed E-state index contributed by atoms with van der Waals surface area (Å²) in [6.07, 6.45) is 2.39. The van der Waals surface area contributed by atoms with Crippen LogP contribution in [0.15, 0.2) is 54.6 Å². The highest BCUT2D eigenvalue weighted by atomic mass is 16.5. The summed E-state index contributed by atoms with van der Waals surface area (Å²) in [6.45, 7) is 0.683. The first kappa shape index (κ1) is 20.2. The SMILES string of the molecule is COC(=O)[C@@H]1Cc2c([nH]c3ccccc23)[C@H]2C[C@@H](NCCO)C[C@@H](c3ccccc3)N21. The number of aliphatic hydroxyl groups is 1. The van der Waals surface area contributed by atoms with E-state index in [1.165, 1.54) is 29.3 Å². The van der Waals surface area contributed by atoms with Crippen LogP contribution in [0, 0.1) is 0 Å². The van der Waals surface area contributed by atoms with Crippen molar-refractivity contribution in [3.8, 4) is 0 Å². The van der Waals surface area contributed by atoms with Crippen LogP contribution in [0.2, 0.25) is 0 Å². The van der Waals surface area contributed by atoms with E-state index in [-0.39, 0.29) is 36.7 Å². The normalized spacial score (nSPS) is 25.7. The average Bonchev–Trinajstić information content (AvgIpc) is 3.20. The number of aromatic nitrogens is 1. The predicted octanol–water partition coefficient (Wildman–Crippen LogP) is 3.09. The Morgan fingerprint density at radius 2 is 1.87 bits per heavy atom. The van der Waals surface area contributed by atoms with Gasteiger partial charge >= 0.3 is 5.97 Å². The van der Waals surface area contributed by atoms with Gasteiger partial charge in [-0.25, -0.2) is 0 Å². The number of rotatable bonds is 5. The van der Waals surface area contributed by atoms with Crippen LogP contribution in [0.25, 0.3) is 10.9 Å². The summed E-state index contributed by atoms with van der Waals surface area (Å²) in [5, 5.41) is 14.1. The number of carbonyl (C=O) groups is 1. The van der Waals surface area contributed by atoms with Crippen LogP contribution >= 0.6 is 0 Å². The van der Waals surface area contributed by atoms with E-state index in [0.29, 0.717) is 13.0 Å². The molecule has 0 unspecified atom stereocenters. The molecule has 2 aliphatic rings. The van der Waals surface area contributed by atoms with Gasteiger partial charge in [-0.15, -0.1) is 0 Å². The number of fused-ring (bicyclic) bond motifs is 5. The Morgan fingerprint density at radius 3 is 2.65 bits per heavy atom. The van der Waals surface area contributed by atoms with E-state index in [0.717, 1.165) is 18.4 Å². The quantitative estimate of drug-likeness (QED) is 0.554. The number of piperidine rings is 1. The van der Waals surface area contributed by atoms with Gasteiger partial charge in [0, 0.05) is 41.6 Å². The van der Waals surface area contributed by atoms with Crippen LogP contribution in [0.1, 0.15) is 41.7 Å². The molecule has 3 heterocycles. The molecule has 5 rings (SSSR count). The summed E-state index contributed by atoms with van der Waals surface area (Å²) in [7, 11) is 1.48. The largest absolute Gasteiger partial charge is 0.468 e. The molecule has 0 saturated carbocycles. The first-order valence-corrected chi connectivity index (χ1v) is 11.0. The summed E-state index contributed by atoms with van der Waals surface area (Å²) in [5.41, 5.74) is 4.75. The molecule has 2 aliphatic heterocycles. The molecule has 1 fully saturated rings. The number of nitrogens with one attached hydrogen (secondary N) is 2. The van der Waals surface area contributed by atoms with Crippen LogP contribution in [-0.2, 0) is 16.0 Å². The second kappa shape index (κ2) is 8.46. The summed E-state index contributed by atoms with van der Waals surface area (Å²) in [4.78, 5) is 19.0. The maximum atomic E-state index is 13.0. The van der Waals surface area contributed by atoms with Crippen molar-refractivity contribution in [3.63, 3.8) is 0 Å². The molecule has 2 aromatic carbocycles. The minimum atomic E-state index is -0.328. The van der Waals surface area contributed by atoms with Crippen molar-refractivity contribution in [2.75, 3.05) is 20.3 Å². The van der Waals surface area contributed by atoms with Crippen LogP contribution in [0.3, 0.4) is 0 Å². The maximum absolute atomic E-state index is 13.0. The van der Waals surface area contributed by atoms with Gasteiger partial charge in [-0.2, -0.15) is 0 Å². The van der Waals surface area contributed by atoms with Gasteiger partial charge in [0.15, 0.2) is 0 Å². The van der Waals surface area contributed by atoms with E-state index in [1.807, 2.05) is 12.1 Å². The Balaban J connectivity index is 1.64. The molecule has 6 nitrogen and oxygen atoms in total. The first-order valence-electron chi connectivity index (χ1n) is 11.0. The third kappa shape index (κ3) is 3.55. The van der Waals surface area contributed by atoms with E-state index in [1.54, 1.807) is 0 Å². The number of nitrogens with zero attached hydrogens (tertiary/aromatic N) is 1. The number of methoxy groups -OCH3 is 1. The second-order valence-electron chi connectivity index (χ2n) is 8.54. The molecule has 0 spiro atoms. The molecule has 31 heavy (non-hydrogen) atoms. The van der Waals surface area contributed by atoms with Crippen LogP contribution < -0.4 is 5.32 Å². The minimum Gasteiger partial charge on any atom is -0.468 e.